The largest absolute Gasteiger partial charge is 0.490 e. The molecule has 1 rings (SSSR count). The number of nitrogens with one attached hydrogen (secondary N) is 1. The number of carbonyl (C=O) groups excluding carboxylic acids is 1. The average Bonchev–Trinajstić information content (AvgIpc) is 2.42. The maximum atomic E-state index is 11.9. The number of carbonyl (C=O) groups is 1. The van der Waals surface area contributed by atoms with Gasteiger partial charge in [-0.2, -0.15) is 0 Å². The van der Waals surface area contributed by atoms with Crippen LogP contribution in [-0.4, -0.2) is 24.5 Å². The number of nitrogens with zero attached hydrogens (tertiary/aromatic N) is 1. The first kappa shape index (κ1) is 14.5. The Morgan fingerprint density at radius 2 is 2.26 bits per heavy atom. The molecular formula is C13H14N2O4. The van der Waals surface area contributed by atoms with Crippen LogP contribution in [0.1, 0.15) is 23.7 Å². The Balaban J connectivity index is 2.92. The normalized spacial score (nSPS) is 9.16. The third kappa shape index (κ3) is 3.71. The first-order chi connectivity index (χ1) is 9.11. The summed E-state index contributed by atoms with van der Waals surface area (Å²) in [6.07, 6.45) is 0.527. The van der Waals surface area contributed by atoms with E-state index < -0.39 is 10.8 Å². The maximum Gasteiger partial charge on any atom is 0.311 e. The zero-order chi connectivity index (χ0) is 14.3. The van der Waals surface area contributed by atoms with Crippen LogP contribution in [0.2, 0.25) is 0 Å². The van der Waals surface area contributed by atoms with E-state index in [1.54, 1.807) is 6.92 Å². The zero-order valence-electron chi connectivity index (χ0n) is 10.7. The minimum Gasteiger partial charge on any atom is -0.490 e. The summed E-state index contributed by atoms with van der Waals surface area (Å²) in [5, 5.41) is 13.5. The Kier molecular flexibility index (Phi) is 5.35. The van der Waals surface area contributed by atoms with Gasteiger partial charge in [-0.15, -0.1) is 11.8 Å². The van der Waals surface area contributed by atoms with Crippen LogP contribution in [0.5, 0.6) is 5.75 Å². The molecule has 6 nitrogen and oxygen atoms in total. The van der Waals surface area contributed by atoms with Crippen LogP contribution in [0.25, 0.3) is 0 Å². The van der Waals surface area contributed by atoms with Gasteiger partial charge in [0.05, 0.1) is 17.6 Å². The van der Waals surface area contributed by atoms with E-state index in [1.165, 1.54) is 25.3 Å². The predicted molar refractivity (Wildman–Crippen MR) is 70.0 cm³/mol. The summed E-state index contributed by atoms with van der Waals surface area (Å²) in [5.74, 6) is 5.07. The van der Waals surface area contributed by atoms with E-state index in [0.717, 1.165) is 0 Å². The third-order valence-corrected chi connectivity index (χ3v) is 2.35. The van der Waals surface area contributed by atoms with Crippen LogP contribution in [0.3, 0.4) is 0 Å². The minimum atomic E-state index is -0.585. The van der Waals surface area contributed by atoms with Gasteiger partial charge in [0.15, 0.2) is 0 Å². The first-order valence-electron chi connectivity index (χ1n) is 5.61. The topological polar surface area (TPSA) is 81.5 Å². The number of amides is 1. The monoisotopic (exact) mass is 262 g/mol. The second kappa shape index (κ2) is 7.01. The number of nitro groups is 1. The third-order valence-electron chi connectivity index (χ3n) is 2.35. The molecule has 0 spiro atoms. The van der Waals surface area contributed by atoms with Gasteiger partial charge in [0.2, 0.25) is 5.75 Å². The van der Waals surface area contributed by atoms with E-state index in [0.29, 0.717) is 13.0 Å². The Bertz CT molecular complexity index is 543. The van der Waals surface area contributed by atoms with E-state index in [-0.39, 0.29) is 17.0 Å². The first-order valence-corrected chi connectivity index (χ1v) is 5.61. The van der Waals surface area contributed by atoms with E-state index in [1.807, 2.05) is 0 Å². The van der Waals surface area contributed by atoms with Crippen molar-refractivity contribution in [3.05, 3.63) is 33.9 Å². The number of methoxy groups -OCH3 is 1. The van der Waals surface area contributed by atoms with Crippen molar-refractivity contribution in [2.45, 2.75) is 13.3 Å². The molecule has 1 amide bonds. The fourth-order valence-corrected chi connectivity index (χ4v) is 1.52. The molecule has 19 heavy (non-hydrogen) atoms. The van der Waals surface area contributed by atoms with Crippen molar-refractivity contribution in [1.29, 1.82) is 0 Å². The van der Waals surface area contributed by atoms with E-state index in [4.69, 9.17) is 4.74 Å². The standard InChI is InChI=1S/C13H14N2O4/c1-3-4-5-9-14-13(16)10-7-6-8-11(15(17)18)12(10)19-2/h6-8H,5,9H2,1-2H3,(H,14,16). The number of rotatable bonds is 5. The molecule has 0 saturated heterocycles. The molecule has 0 saturated carbocycles. The lowest BCUT2D eigenvalue weighted by Crippen LogP contribution is -2.24. The highest BCUT2D eigenvalue weighted by molar-refractivity contribution is 5.98. The summed E-state index contributed by atoms with van der Waals surface area (Å²) in [4.78, 5) is 22.1. The Morgan fingerprint density at radius 1 is 1.53 bits per heavy atom. The average molecular weight is 262 g/mol. The molecule has 0 unspecified atom stereocenters. The molecule has 1 N–H and O–H groups in total. The van der Waals surface area contributed by atoms with Crippen molar-refractivity contribution in [3.8, 4) is 17.6 Å². The second-order valence-electron chi connectivity index (χ2n) is 3.55. The van der Waals surface area contributed by atoms with Crippen molar-refractivity contribution < 1.29 is 14.5 Å². The second-order valence-corrected chi connectivity index (χ2v) is 3.55. The van der Waals surface area contributed by atoms with Crippen molar-refractivity contribution in [3.63, 3.8) is 0 Å². The van der Waals surface area contributed by atoms with Crippen molar-refractivity contribution in [2.24, 2.45) is 0 Å². The van der Waals surface area contributed by atoms with Gasteiger partial charge in [-0.25, -0.2) is 0 Å². The lowest BCUT2D eigenvalue weighted by molar-refractivity contribution is -0.385. The predicted octanol–water partition coefficient (Wildman–Crippen LogP) is 1.75. The zero-order valence-corrected chi connectivity index (χ0v) is 10.7. The Morgan fingerprint density at radius 3 is 2.84 bits per heavy atom. The lowest BCUT2D eigenvalue weighted by Gasteiger charge is -2.08. The lowest BCUT2D eigenvalue weighted by atomic mass is 10.1. The number of para-hydroxylation sites is 1. The summed E-state index contributed by atoms with van der Waals surface area (Å²) in [7, 11) is 1.29. The summed E-state index contributed by atoms with van der Waals surface area (Å²) in [6, 6.07) is 4.21. The number of hydrogen-bond acceptors (Lipinski definition) is 4. The molecule has 6 heteroatoms. The minimum absolute atomic E-state index is 0.0356. The highest BCUT2D eigenvalue weighted by Gasteiger charge is 2.21. The number of hydrogen-bond donors (Lipinski definition) is 1. The smallest absolute Gasteiger partial charge is 0.311 e. The number of ether oxygens (including phenoxy) is 1. The van der Waals surface area contributed by atoms with Crippen LogP contribution in [0, 0.1) is 22.0 Å². The molecule has 0 radical (unpaired) electrons. The van der Waals surface area contributed by atoms with E-state index in [2.05, 4.69) is 17.2 Å². The molecule has 0 fully saturated rings. The van der Waals surface area contributed by atoms with Crippen LogP contribution in [0.15, 0.2) is 18.2 Å². The number of nitro benzene ring substituents is 1. The van der Waals surface area contributed by atoms with Crippen LogP contribution < -0.4 is 10.1 Å². The van der Waals surface area contributed by atoms with Gasteiger partial charge < -0.3 is 10.1 Å². The van der Waals surface area contributed by atoms with Gasteiger partial charge >= 0.3 is 5.69 Å². The van der Waals surface area contributed by atoms with Gasteiger partial charge in [-0.3, -0.25) is 14.9 Å². The summed E-state index contributed by atoms with van der Waals surface area (Å²) < 4.78 is 4.96. The summed E-state index contributed by atoms with van der Waals surface area (Å²) in [5.41, 5.74) is -0.0929. The van der Waals surface area contributed by atoms with Crippen LogP contribution in [0.4, 0.5) is 5.69 Å². The van der Waals surface area contributed by atoms with Crippen molar-refractivity contribution >= 4 is 11.6 Å². The fraction of sp³-hybridized carbons (Fsp3) is 0.308. The van der Waals surface area contributed by atoms with Crippen molar-refractivity contribution in [2.75, 3.05) is 13.7 Å². The fourth-order valence-electron chi connectivity index (χ4n) is 1.52. The summed E-state index contributed by atoms with van der Waals surface area (Å²) in [6.45, 7) is 2.09. The summed E-state index contributed by atoms with van der Waals surface area (Å²) >= 11 is 0. The highest BCUT2D eigenvalue weighted by Crippen LogP contribution is 2.30. The molecule has 0 atom stereocenters. The van der Waals surface area contributed by atoms with Crippen LogP contribution >= 0.6 is 0 Å². The van der Waals surface area contributed by atoms with E-state index >= 15 is 0 Å². The maximum absolute atomic E-state index is 11.9. The van der Waals surface area contributed by atoms with Gasteiger partial charge in [0.1, 0.15) is 0 Å². The molecule has 0 bridgehead atoms. The van der Waals surface area contributed by atoms with Gasteiger partial charge in [-0.1, -0.05) is 6.07 Å². The molecule has 100 valence electrons. The Labute approximate surface area is 110 Å². The highest BCUT2D eigenvalue weighted by atomic mass is 16.6. The molecule has 0 aliphatic rings. The van der Waals surface area contributed by atoms with E-state index in [9.17, 15) is 14.9 Å². The van der Waals surface area contributed by atoms with Gasteiger partial charge in [0.25, 0.3) is 5.91 Å². The molecule has 0 aliphatic heterocycles. The van der Waals surface area contributed by atoms with Crippen molar-refractivity contribution in [1.82, 2.24) is 5.32 Å². The molecule has 1 aromatic carbocycles. The van der Waals surface area contributed by atoms with Crippen LogP contribution in [-0.2, 0) is 0 Å². The number of benzene rings is 1. The van der Waals surface area contributed by atoms with Gasteiger partial charge in [-0.05, 0) is 13.0 Å². The molecule has 0 aliphatic carbocycles. The SMILES string of the molecule is CC#CCCNC(=O)c1cccc([N+](=O)[O-])c1OC. The molecular weight excluding hydrogens is 248 g/mol. The molecule has 0 heterocycles. The molecule has 0 aromatic heterocycles. The Hall–Kier alpha value is -2.55. The molecule has 1 aromatic rings. The quantitative estimate of drug-likeness (QED) is 0.379. The van der Waals surface area contributed by atoms with Gasteiger partial charge in [0, 0.05) is 19.0 Å².